The molecule has 5 atom stereocenters. The first-order valence-electron chi connectivity index (χ1n) is 8.57. The molecule has 28 heavy (non-hydrogen) atoms. The fraction of sp³-hybridized carbons (Fsp3) is 0.312. The molecule has 2 saturated heterocycles. The SMILES string of the molecule is Nc1ncnc2c1ncn2[C@@H]1O[C@@H]2CO[P@@](=O)(Nc3ccccc3)O[C@H]2[C@H]1O. The van der Waals surface area contributed by atoms with Gasteiger partial charge in [0.1, 0.15) is 30.2 Å². The molecule has 5 rings (SSSR count). The van der Waals surface area contributed by atoms with Gasteiger partial charge in [-0.3, -0.25) is 18.7 Å². The zero-order valence-electron chi connectivity index (χ0n) is 14.5. The van der Waals surface area contributed by atoms with Gasteiger partial charge < -0.3 is 15.6 Å². The lowest BCUT2D eigenvalue weighted by Crippen LogP contribution is -2.40. The summed E-state index contributed by atoms with van der Waals surface area (Å²) in [5, 5.41) is 13.6. The summed E-state index contributed by atoms with van der Waals surface area (Å²) in [5.74, 6) is 0.227. The lowest BCUT2D eigenvalue weighted by Gasteiger charge is -2.31. The normalized spacial score (nSPS) is 32.3. The summed E-state index contributed by atoms with van der Waals surface area (Å²) in [5.41, 5.74) is 7.22. The Morgan fingerprint density at radius 1 is 1.25 bits per heavy atom. The van der Waals surface area contributed by atoms with Crippen LogP contribution in [-0.2, 0) is 18.3 Å². The van der Waals surface area contributed by atoms with Gasteiger partial charge in [0.25, 0.3) is 0 Å². The smallest absolute Gasteiger partial charge is 0.386 e. The summed E-state index contributed by atoms with van der Waals surface area (Å²) in [6, 6.07) is 8.91. The number of nitrogens with zero attached hydrogens (tertiary/aromatic N) is 4. The Hall–Kier alpha value is -2.56. The molecule has 4 N–H and O–H groups in total. The van der Waals surface area contributed by atoms with Gasteiger partial charge in [0.2, 0.25) is 0 Å². The number of para-hydroxylation sites is 1. The molecule has 0 aliphatic carbocycles. The molecule has 0 amide bonds. The fourth-order valence-electron chi connectivity index (χ4n) is 3.36. The monoisotopic (exact) mass is 404 g/mol. The number of nitrogen functional groups attached to an aromatic ring is 1. The first kappa shape index (κ1) is 17.5. The average molecular weight is 404 g/mol. The number of nitrogens with one attached hydrogen (secondary N) is 1. The number of fused-ring (bicyclic) bond motifs is 2. The highest BCUT2D eigenvalue weighted by molar-refractivity contribution is 7.55. The van der Waals surface area contributed by atoms with Crippen molar-refractivity contribution in [3.05, 3.63) is 43.0 Å². The number of benzene rings is 1. The van der Waals surface area contributed by atoms with Crippen molar-refractivity contribution in [1.82, 2.24) is 19.5 Å². The summed E-state index contributed by atoms with van der Waals surface area (Å²) < 4.78 is 31.5. The Morgan fingerprint density at radius 2 is 2.07 bits per heavy atom. The van der Waals surface area contributed by atoms with Crippen LogP contribution in [0, 0.1) is 0 Å². The van der Waals surface area contributed by atoms with Crippen LogP contribution in [0.25, 0.3) is 11.2 Å². The third-order valence-corrected chi connectivity index (χ3v) is 6.22. The van der Waals surface area contributed by atoms with E-state index in [-0.39, 0.29) is 12.4 Å². The predicted molar refractivity (Wildman–Crippen MR) is 98.1 cm³/mol. The minimum absolute atomic E-state index is 0.000902. The lowest BCUT2D eigenvalue weighted by atomic mass is 10.1. The van der Waals surface area contributed by atoms with E-state index in [0.29, 0.717) is 16.9 Å². The van der Waals surface area contributed by atoms with Gasteiger partial charge in [-0.05, 0) is 12.1 Å². The fourth-order valence-corrected chi connectivity index (χ4v) is 4.93. The van der Waals surface area contributed by atoms with E-state index < -0.39 is 32.3 Å². The van der Waals surface area contributed by atoms with Crippen molar-refractivity contribution in [2.24, 2.45) is 0 Å². The number of aromatic nitrogens is 4. The highest BCUT2D eigenvalue weighted by Gasteiger charge is 2.53. The third-order valence-electron chi connectivity index (χ3n) is 4.68. The van der Waals surface area contributed by atoms with Gasteiger partial charge in [0.15, 0.2) is 17.7 Å². The van der Waals surface area contributed by atoms with E-state index in [0.717, 1.165) is 0 Å². The van der Waals surface area contributed by atoms with Crippen LogP contribution in [0.1, 0.15) is 6.23 Å². The molecule has 3 aromatic rings. The zero-order chi connectivity index (χ0) is 19.3. The summed E-state index contributed by atoms with van der Waals surface area (Å²) in [6.07, 6.45) is -0.644. The minimum Gasteiger partial charge on any atom is -0.386 e. The second-order valence-electron chi connectivity index (χ2n) is 6.48. The van der Waals surface area contributed by atoms with Crippen molar-refractivity contribution in [3.63, 3.8) is 0 Å². The van der Waals surface area contributed by atoms with Gasteiger partial charge in [0.05, 0.1) is 12.9 Å². The van der Waals surface area contributed by atoms with Crippen molar-refractivity contribution in [3.8, 4) is 0 Å². The molecule has 0 spiro atoms. The molecule has 0 bridgehead atoms. The van der Waals surface area contributed by atoms with Gasteiger partial charge >= 0.3 is 7.75 Å². The summed E-state index contributed by atoms with van der Waals surface area (Å²) in [4.78, 5) is 12.2. The molecular formula is C16H17N6O5P. The molecule has 146 valence electrons. The van der Waals surface area contributed by atoms with Gasteiger partial charge in [-0.15, -0.1) is 0 Å². The van der Waals surface area contributed by atoms with E-state index in [1.165, 1.54) is 12.7 Å². The molecule has 0 radical (unpaired) electrons. The Kier molecular flexibility index (Phi) is 4.07. The number of imidazole rings is 1. The quantitative estimate of drug-likeness (QED) is 0.546. The minimum atomic E-state index is -3.66. The molecule has 0 saturated carbocycles. The Morgan fingerprint density at radius 3 is 2.89 bits per heavy atom. The predicted octanol–water partition coefficient (Wildman–Crippen LogP) is 1.30. The molecular weight excluding hydrogens is 387 g/mol. The maximum absolute atomic E-state index is 13.0. The van der Waals surface area contributed by atoms with E-state index in [9.17, 15) is 9.67 Å². The van der Waals surface area contributed by atoms with Crippen LogP contribution in [0.15, 0.2) is 43.0 Å². The molecule has 0 unspecified atom stereocenters. The van der Waals surface area contributed by atoms with E-state index in [1.807, 2.05) is 6.07 Å². The molecule has 2 aromatic heterocycles. The van der Waals surface area contributed by atoms with Crippen LogP contribution in [0.5, 0.6) is 0 Å². The number of rotatable bonds is 3. The van der Waals surface area contributed by atoms with Crippen molar-refractivity contribution < 1.29 is 23.5 Å². The number of aliphatic hydroxyl groups is 1. The summed E-state index contributed by atoms with van der Waals surface area (Å²) in [6.45, 7) is -0.000902. The van der Waals surface area contributed by atoms with Crippen LogP contribution < -0.4 is 10.8 Å². The van der Waals surface area contributed by atoms with Crippen molar-refractivity contribution in [2.75, 3.05) is 17.4 Å². The summed E-state index contributed by atoms with van der Waals surface area (Å²) in [7, 11) is -3.66. The van der Waals surface area contributed by atoms with E-state index in [1.54, 1.807) is 28.8 Å². The Balaban J connectivity index is 1.40. The number of hydrogen-bond acceptors (Lipinski definition) is 9. The zero-order valence-corrected chi connectivity index (χ0v) is 15.3. The molecule has 12 heteroatoms. The molecule has 2 fully saturated rings. The molecule has 2 aliphatic rings. The first-order valence-corrected chi connectivity index (χ1v) is 10.1. The van der Waals surface area contributed by atoms with Crippen LogP contribution in [-0.4, -0.2) is 49.5 Å². The first-order chi connectivity index (χ1) is 13.5. The van der Waals surface area contributed by atoms with Gasteiger partial charge in [-0.2, -0.15) is 0 Å². The Labute approximate surface area is 159 Å². The van der Waals surface area contributed by atoms with Crippen molar-refractivity contribution in [2.45, 2.75) is 24.5 Å². The second kappa shape index (κ2) is 6.50. The average Bonchev–Trinajstić information content (AvgIpc) is 3.25. The van der Waals surface area contributed by atoms with Crippen molar-refractivity contribution in [1.29, 1.82) is 0 Å². The number of nitrogens with two attached hydrogens (primary N) is 1. The van der Waals surface area contributed by atoms with Gasteiger partial charge in [0, 0.05) is 5.69 Å². The van der Waals surface area contributed by atoms with Crippen LogP contribution in [0.4, 0.5) is 11.5 Å². The van der Waals surface area contributed by atoms with Crippen LogP contribution in [0.2, 0.25) is 0 Å². The molecule has 1 aromatic carbocycles. The number of ether oxygens (including phenoxy) is 1. The maximum Gasteiger partial charge on any atom is 0.433 e. The molecule has 4 heterocycles. The van der Waals surface area contributed by atoms with E-state index in [2.05, 4.69) is 20.0 Å². The highest BCUT2D eigenvalue weighted by Crippen LogP contribution is 2.55. The standard InChI is InChI=1S/C16H17N6O5P/c17-14-11-15(19-7-18-14)22(8-20-11)16-12(23)13-10(26-16)6-25-28(24,27-13)21-9-4-2-1-3-5-9/h1-5,7-8,10,12-13,16,23H,6H2,(H,21,24)(H2,17,18,19)/t10-,12-,13-,16-,28+/m1/s1. The third kappa shape index (κ3) is 2.84. The number of hydrogen-bond donors (Lipinski definition) is 3. The van der Waals surface area contributed by atoms with Crippen molar-refractivity contribution >= 4 is 30.4 Å². The largest absolute Gasteiger partial charge is 0.433 e. The Bertz CT molecular complexity index is 1060. The molecule has 11 nitrogen and oxygen atoms in total. The van der Waals surface area contributed by atoms with E-state index >= 15 is 0 Å². The summed E-state index contributed by atoms with van der Waals surface area (Å²) >= 11 is 0. The maximum atomic E-state index is 13.0. The topological polar surface area (TPSA) is 147 Å². The van der Waals surface area contributed by atoms with Gasteiger partial charge in [-0.25, -0.2) is 19.5 Å². The highest BCUT2D eigenvalue weighted by atomic mass is 31.2. The second-order valence-corrected chi connectivity index (χ2v) is 8.17. The molecule has 2 aliphatic heterocycles. The van der Waals surface area contributed by atoms with E-state index in [4.69, 9.17) is 19.5 Å². The van der Waals surface area contributed by atoms with Crippen LogP contribution >= 0.6 is 7.75 Å². The van der Waals surface area contributed by atoms with Gasteiger partial charge in [-0.1, -0.05) is 18.2 Å². The number of anilines is 2. The lowest BCUT2D eigenvalue weighted by molar-refractivity contribution is -0.0578. The van der Waals surface area contributed by atoms with Crippen LogP contribution in [0.3, 0.4) is 0 Å². The number of aliphatic hydroxyl groups excluding tert-OH is 1.